The summed E-state index contributed by atoms with van der Waals surface area (Å²) in [7, 11) is 0. The van der Waals surface area contributed by atoms with Crippen molar-refractivity contribution in [2.24, 2.45) is 0 Å². The minimum atomic E-state index is -1.25. The summed E-state index contributed by atoms with van der Waals surface area (Å²) < 4.78 is 5.73. The lowest BCUT2D eigenvalue weighted by molar-refractivity contribution is -0.254. The summed E-state index contributed by atoms with van der Waals surface area (Å²) in [6.45, 7) is 4.50. The zero-order chi connectivity index (χ0) is 13.8. The number of aromatic carboxylic acids is 1. The van der Waals surface area contributed by atoms with Crippen molar-refractivity contribution in [3.63, 3.8) is 0 Å². The van der Waals surface area contributed by atoms with Crippen LogP contribution < -0.4 is 10.8 Å². The van der Waals surface area contributed by atoms with Crippen molar-refractivity contribution in [3.05, 3.63) is 22.2 Å². The molecule has 0 spiro atoms. The third kappa shape index (κ3) is 1.97. The second-order valence-electron chi connectivity index (χ2n) is 5.30. The number of nitrogen functional groups attached to an aromatic ring is 1. The fourth-order valence-corrected chi connectivity index (χ4v) is 3.21. The summed E-state index contributed by atoms with van der Waals surface area (Å²) in [6, 6.07) is 1.88. The van der Waals surface area contributed by atoms with Crippen LogP contribution in [0.3, 0.4) is 0 Å². The molecule has 0 bridgehead atoms. The fourth-order valence-electron chi connectivity index (χ4n) is 2.28. The van der Waals surface area contributed by atoms with Crippen LogP contribution in [0.5, 0.6) is 0 Å². The first kappa shape index (κ1) is 12.4. The number of carboxylic acid groups (broad SMARTS) is 1. The average Bonchev–Trinajstić information content (AvgIpc) is 2.63. The van der Waals surface area contributed by atoms with E-state index in [1.54, 1.807) is 0 Å². The zero-order valence-electron chi connectivity index (χ0n) is 10.6. The number of rotatable bonds is 1. The molecule has 100 valence electrons. The molecule has 0 aliphatic carbocycles. The number of carboxylic acids is 1. The zero-order valence-corrected chi connectivity index (χ0v) is 11.5. The quantitative estimate of drug-likeness (QED) is 0.843. The molecule has 0 saturated heterocycles. The molecule has 6 heteroatoms. The van der Waals surface area contributed by atoms with Gasteiger partial charge in [0.05, 0.1) is 34.4 Å². The van der Waals surface area contributed by atoms with Crippen molar-refractivity contribution in [2.45, 2.75) is 32.5 Å². The number of nitrogens with zero attached hydrogens (tertiary/aromatic N) is 1. The van der Waals surface area contributed by atoms with E-state index in [2.05, 4.69) is 4.98 Å². The lowest BCUT2D eigenvalue weighted by Crippen LogP contribution is -2.32. The van der Waals surface area contributed by atoms with Gasteiger partial charge in [-0.2, -0.15) is 0 Å². The summed E-state index contributed by atoms with van der Waals surface area (Å²) in [5, 5.41) is 11.7. The molecule has 0 fully saturated rings. The molecule has 19 heavy (non-hydrogen) atoms. The van der Waals surface area contributed by atoms with Crippen molar-refractivity contribution >= 4 is 33.2 Å². The Kier molecular flexibility index (Phi) is 2.55. The number of anilines is 1. The number of carbonyl (C=O) groups excluding carboxylic acids is 1. The summed E-state index contributed by atoms with van der Waals surface area (Å²) in [4.78, 5) is 16.2. The Hall–Kier alpha value is -1.66. The van der Waals surface area contributed by atoms with Gasteiger partial charge in [-0.05, 0) is 19.9 Å². The van der Waals surface area contributed by atoms with Crippen LogP contribution in [0.4, 0.5) is 5.69 Å². The van der Waals surface area contributed by atoms with Crippen LogP contribution in [0, 0.1) is 0 Å². The highest BCUT2D eigenvalue weighted by Gasteiger charge is 2.28. The van der Waals surface area contributed by atoms with Gasteiger partial charge in [-0.3, -0.25) is 0 Å². The first-order valence-corrected chi connectivity index (χ1v) is 6.75. The molecule has 1 aliphatic heterocycles. The molecule has 0 saturated carbocycles. The predicted octanol–water partition coefficient (Wildman–Crippen LogP) is 1.09. The summed E-state index contributed by atoms with van der Waals surface area (Å²) >= 11 is 1.07. The van der Waals surface area contributed by atoms with Crippen LogP contribution in [-0.2, 0) is 17.8 Å². The number of thiophene rings is 1. The van der Waals surface area contributed by atoms with E-state index in [1.165, 1.54) is 0 Å². The Labute approximate surface area is 114 Å². The molecule has 1 aliphatic rings. The number of hydrogen-bond acceptors (Lipinski definition) is 6. The van der Waals surface area contributed by atoms with Crippen LogP contribution >= 0.6 is 11.3 Å². The molecule has 2 aromatic heterocycles. The molecule has 3 heterocycles. The van der Waals surface area contributed by atoms with Gasteiger partial charge in [-0.1, -0.05) is 0 Å². The van der Waals surface area contributed by atoms with E-state index in [-0.39, 0.29) is 16.2 Å². The minimum Gasteiger partial charge on any atom is -0.544 e. The Balaban J connectivity index is 2.20. The van der Waals surface area contributed by atoms with E-state index in [0.717, 1.165) is 22.6 Å². The van der Waals surface area contributed by atoms with Crippen LogP contribution in [0.25, 0.3) is 10.2 Å². The first-order chi connectivity index (χ1) is 8.87. The van der Waals surface area contributed by atoms with E-state index in [4.69, 9.17) is 10.5 Å². The molecule has 2 aromatic rings. The maximum atomic E-state index is 11.0. The number of nitrogens with two attached hydrogens (primary N) is 1. The summed E-state index contributed by atoms with van der Waals surface area (Å²) in [5.74, 6) is -1.25. The number of pyridine rings is 1. The lowest BCUT2D eigenvalue weighted by Gasteiger charge is -2.30. The molecule has 3 rings (SSSR count). The van der Waals surface area contributed by atoms with Crippen LogP contribution in [0.1, 0.15) is 34.8 Å². The molecule has 2 N–H and O–H groups in total. The van der Waals surface area contributed by atoms with Gasteiger partial charge >= 0.3 is 0 Å². The normalized spacial score (nSPS) is 17.4. The second kappa shape index (κ2) is 3.91. The van der Waals surface area contributed by atoms with Gasteiger partial charge in [0, 0.05) is 17.4 Å². The number of ether oxygens (including phenoxy) is 1. The van der Waals surface area contributed by atoms with Crippen molar-refractivity contribution in [1.29, 1.82) is 0 Å². The number of hydrogen-bond donors (Lipinski definition) is 1. The Morgan fingerprint density at radius 1 is 1.58 bits per heavy atom. The number of carbonyl (C=O) groups is 1. The summed E-state index contributed by atoms with van der Waals surface area (Å²) in [5.41, 5.74) is 7.76. The molecular weight excluding hydrogens is 264 g/mol. The van der Waals surface area contributed by atoms with Crippen molar-refractivity contribution < 1.29 is 14.6 Å². The van der Waals surface area contributed by atoms with E-state index >= 15 is 0 Å². The topological polar surface area (TPSA) is 88.3 Å². The van der Waals surface area contributed by atoms with Crippen LogP contribution in [0.2, 0.25) is 0 Å². The monoisotopic (exact) mass is 277 g/mol. The van der Waals surface area contributed by atoms with E-state index in [9.17, 15) is 9.90 Å². The van der Waals surface area contributed by atoms with E-state index in [1.807, 2.05) is 19.9 Å². The highest BCUT2D eigenvalue weighted by atomic mass is 32.1. The highest BCUT2D eigenvalue weighted by molar-refractivity contribution is 7.21. The minimum absolute atomic E-state index is 0.0463. The maximum Gasteiger partial charge on any atom is 0.126 e. The van der Waals surface area contributed by atoms with Crippen molar-refractivity contribution in [1.82, 2.24) is 4.98 Å². The van der Waals surface area contributed by atoms with Crippen LogP contribution in [-0.4, -0.2) is 16.6 Å². The SMILES string of the molecule is CC1(C)Cc2nc3sc(C(=O)[O-])c(N)c3cc2CO1. The van der Waals surface area contributed by atoms with Crippen molar-refractivity contribution in [3.8, 4) is 0 Å². The van der Waals surface area contributed by atoms with Gasteiger partial charge in [0.1, 0.15) is 4.83 Å². The highest BCUT2D eigenvalue weighted by Crippen LogP contribution is 2.36. The van der Waals surface area contributed by atoms with Crippen molar-refractivity contribution in [2.75, 3.05) is 5.73 Å². The van der Waals surface area contributed by atoms with E-state index < -0.39 is 5.97 Å². The largest absolute Gasteiger partial charge is 0.544 e. The Morgan fingerprint density at radius 2 is 2.32 bits per heavy atom. The molecule has 0 amide bonds. The van der Waals surface area contributed by atoms with Crippen LogP contribution in [0.15, 0.2) is 6.07 Å². The maximum absolute atomic E-state index is 11.0. The molecule has 0 atom stereocenters. The third-order valence-electron chi connectivity index (χ3n) is 3.29. The Bertz CT molecular complexity index is 691. The Morgan fingerprint density at radius 3 is 3.00 bits per heavy atom. The second-order valence-corrected chi connectivity index (χ2v) is 6.30. The summed E-state index contributed by atoms with van der Waals surface area (Å²) in [6.07, 6.45) is 0.705. The molecule has 5 nitrogen and oxygen atoms in total. The van der Waals surface area contributed by atoms with Gasteiger partial charge in [-0.15, -0.1) is 11.3 Å². The molecule has 0 aromatic carbocycles. The fraction of sp³-hybridized carbons (Fsp3) is 0.385. The lowest BCUT2D eigenvalue weighted by atomic mass is 9.95. The molecule has 0 radical (unpaired) electrons. The number of fused-ring (bicyclic) bond motifs is 2. The number of aromatic nitrogens is 1. The van der Waals surface area contributed by atoms with E-state index in [0.29, 0.717) is 23.2 Å². The first-order valence-electron chi connectivity index (χ1n) is 5.93. The molecule has 0 unspecified atom stereocenters. The van der Waals surface area contributed by atoms with Gasteiger partial charge in [-0.25, -0.2) is 4.98 Å². The van der Waals surface area contributed by atoms with Gasteiger partial charge in [0.2, 0.25) is 0 Å². The average molecular weight is 277 g/mol. The third-order valence-corrected chi connectivity index (χ3v) is 4.38. The van der Waals surface area contributed by atoms with Gasteiger partial charge in [0.15, 0.2) is 0 Å². The van der Waals surface area contributed by atoms with Gasteiger partial charge < -0.3 is 20.4 Å². The predicted molar refractivity (Wildman–Crippen MR) is 70.9 cm³/mol. The van der Waals surface area contributed by atoms with Gasteiger partial charge in [0.25, 0.3) is 0 Å². The molecular formula is C13H13N2O3S-. The standard InChI is InChI=1S/C13H14N2O3S/c1-13(2)4-8-6(5-18-13)3-7-9(14)10(12(16)17)19-11(7)15-8/h3H,4-5,14H2,1-2H3,(H,16,17)/p-1. The smallest absolute Gasteiger partial charge is 0.126 e.